The molecule has 0 saturated heterocycles. The average molecular weight is 195 g/mol. The van der Waals surface area contributed by atoms with Crippen molar-refractivity contribution >= 4 is 0 Å². The Balaban J connectivity index is 0.000000461. The zero-order valence-corrected chi connectivity index (χ0v) is 9.71. The minimum absolute atomic E-state index is 0.696. The summed E-state index contributed by atoms with van der Waals surface area (Å²) in [6.07, 6.45) is 5.57. The summed E-state index contributed by atoms with van der Waals surface area (Å²) in [5.74, 6) is 2.55. The van der Waals surface area contributed by atoms with E-state index in [2.05, 4.69) is 19.0 Å². The van der Waals surface area contributed by atoms with Crippen LogP contribution in [0.1, 0.15) is 57.8 Å². The third kappa shape index (κ3) is 2.86. The van der Waals surface area contributed by atoms with Crippen LogP contribution in [0.3, 0.4) is 0 Å². The fourth-order valence-electron chi connectivity index (χ4n) is 1.54. The van der Waals surface area contributed by atoms with Gasteiger partial charge in [0.05, 0.1) is 6.20 Å². The maximum Gasteiger partial charge on any atom is 0.142 e. The van der Waals surface area contributed by atoms with Crippen LogP contribution in [0.5, 0.6) is 0 Å². The van der Waals surface area contributed by atoms with Gasteiger partial charge in [0.1, 0.15) is 5.76 Å². The van der Waals surface area contributed by atoms with Gasteiger partial charge in [-0.25, -0.2) is 0 Å². The van der Waals surface area contributed by atoms with Crippen molar-refractivity contribution in [3.8, 4) is 0 Å². The molecule has 1 aliphatic rings. The molecule has 1 fully saturated rings. The molecule has 1 heterocycles. The molecule has 80 valence electrons. The predicted molar refractivity (Wildman–Crippen MR) is 58.4 cm³/mol. The molecule has 0 bridgehead atoms. The Morgan fingerprint density at radius 1 is 1.43 bits per heavy atom. The van der Waals surface area contributed by atoms with E-state index in [1.54, 1.807) is 0 Å². The van der Waals surface area contributed by atoms with Crippen LogP contribution in [0.4, 0.5) is 0 Å². The Labute approximate surface area is 86.7 Å². The van der Waals surface area contributed by atoms with Crippen LogP contribution in [0.25, 0.3) is 0 Å². The van der Waals surface area contributed by atoms with E-state index >= 15 is 0 Å². The summed E-state index contributed by atoms with van der Waals surface area (Å²) in [7, 11) is 0. The first-order valence-electron chi connectivity index (χ1n) is 5.71. The van der Waals surface area contributed by atoms with Crippen molar-refractivity contribution in [2.45, 2.75) is 52.9 Å². The third-order valence-corrected chi connectivity index (χ3v) is 2.25. The summed E-state index contributed by atoms with van der Waals surface area (Å²) in [6, 6.07) is 0. The second kappa shape index (κ2) is 5.18. The van der Waals surface area contributed by atoms with E-state index in [1.807, 2.05) is 20.0 Å². The minimum atomic E-state index is 0.696. The molecule has 1 aromatic heterocycles. The van der Waals surface area contributed by atoms with Crippen molar-refractivity contribution in [2.75, 3.05) is 0 Å². The summed E-state index contributed by atoms with van der Waals surface area (Å²) in [6.45, 7) is 8.45. The fraction of sp³-hybridized carbons (Fsp3) is 0.750. The van der Waals surface area contributed by atoms with Crippen molar-refractivity contribution < 1.29 is 4.52 Å². The molecular weight excluding hydrogens is 174 g/mol. The lowest BCUT2D eigenvalue weighted by Gasteiger charge is -2.02. The molecule has 1 saturated carbocycles. The number of hydrogen-bond acceptors (Lipinski definition) is 2. The number of nitrogens with zero attached hydrogens (tertiary/aromatic N) is 1. The van der Waals surface area contributed by atoms with Gasteiger partial charge in [0.25, 0.3) is 0 Å². The highest BCUT2D eigenvalue weighted by Crippen LogP contribution is 2.41. The third-order valence-electron chi connectivity index (χ3n) is 2.25. The number of aromatic nitrogens is 1. The van der Waals surface area contributed by atoms with E-state index in [0.717, 1.165) is 12.2 Å². The fourth-order valence-corrected chi connectivity index (χ4v) is 1.54. The van der Waals surface area contributed by atoms with Gasteiger partial charge >= 0.3 is 0 Å². The Morgan fingerprint density at radius 3 is 2.57 bits per heavy atom. The first-order chi connectivity index (χ1) is 6.77. The van der Waals surface area contributed by atoms with E-state index in [9.17, 15) is 0 Å². The molecule has 2 rings (SSSR count). The van der Waals surface area contributed by atoms with Crippen LogP contribution in [0.2, 0.25) is 0 Å². The van der Waals surface area contributed by atoms with Gasteiger partial charge in [-0.1, -0.05) is 32.9 Å². The molecule has 2 nitrogen and oxygen atoms in total. The number of rotatable bonds is 3. The molecule has 0 spiro atoms. The molecule has 2 heteroatoms. The van der Waals surface area contributed by atoms with Crippen LogP contribution in [-0.4, -0.2) is 5.16 Å². The molecule has 0 amide bonds. The maximum atomic E-state index is 5.24. The average Bonchev–Trinajstić information content (AvgIpc) is 2.91. The van der Waals surface area contributed by atoms with E-state index in [1.165, 1.54) is 18.4 Å². The molecule has 1 aliphatic carbocycles. The molecule has 1 aromatic rings. The highest BCUT2D eigenvalue weighted by molar-refractivity contribution is 5.21. The van der Waals surface area contributed by atoms with Gasteiger partial charge in [0.15, 0.2) is 0 Å². The standard InChI is InChI=1S/C10H15NO.C2H6/c1-7(2)5-9-6-11-12-10(9)8-3-4-8;1-2/h6-8H,3-5H2,1-2H3;1-2H3. The lowest BCUT2D eigenvalue weighted by atomic mass is 10.0. The highest BCUT2D eigenvalue weighted by Gasteiger charge is 2.29. The van der Waals surface area contributed by atoms with E-state index < -0.39 is 0 Å². The van der Waals surface area contributed by atoms with Gasteiger partial charge in [-0.15, -0.1) is 0 Å². The van der Waals surface area contributed by atoms with Crippen molar-refractivity contribution in [3.63, 3.8) is 0 Å². The Kier molecular flexibility index (Phi) is 4.18. The van der Waals surface area contributed by atoms with Crippen molar-refractivity contribution in [3.05, 3.63) is 17.5 Å². The minimum Gasteiger partial charge on any atom is -0.361 e. The molecular formula is C12H21NO. The summed E-state index contributed by atoms with van der Waals surface area (Å²) in [4.78, 5) is 0. The molecule has 0 aromatic carbocycles. The smallest absolute Gasteiger partial charge is 0.142 e. The summed E-state index contributed by atoms with van der Waals surface area (Å²) in [5.41, 5.74) is 1.33. The molecule has 14 heavy (non-hydrogen) atoms. The van der Waals surface area contributed by atoms with E-state index in [4.69, 9.17) is 4.52 Å². The Bertz CT molecular complexity index is 261. The molecule has 0 aliphatic heterocycles. The van der Waals surface area contributed by atoms with Gasteiger partial charge in [-0.3, -0.25) is 0 Å². The monoisotopic (exact) mass is 195 g/mol. The predicted octanol–water partition coefficient (Wildman–Crippen LogP) is 3.78. The SMILES string of the molecule is CC.CC(C)Cc1cnoc1C1CC1. The van der Waals surface area contributed by atoms with Crippen molar-refractivity contribution in [1.29, 1.82) is 0 Å². The van der Waals surface area contributed by atoms with Gasteiger partial charge in [0, 0.05) is 11.5 Å². The summed E-state index contributed by atoms with van der Waals surface area (Å²) >= 11 is 0. The van der Waals surface area contributed by atoms with Crippen LogP contribution >= 0.6 is 0 Å². The quantitative estimate of drug-likeness (QED) is 0.733. The molecule has 0 atom stereocenters. The van der Waals surface area contributed by atoms with Gasteiger partial charge in [-0.05, 0) is 25.2 Å². The lowest BCUT2D eigenvalue weighted by molar-refractivity contribution is 0.382. The Hall–Kier alpha value is -0.790. The van der Waals surface area contributed by atoms with Gasteiger partial charge in [0.2, 0.25) is 0 Å². The second-order valence-electron chi connectivity index (χ2n) is 4.09. The zero-order valence-electron chi connectivity index (χ0n) is 9.71. The van der Waals surface area contributed by atoms with Crippen molar-refractivity contribution in [2.24, 2.45) is 5.92 Å². The highest BCUT2D eigenvalue weighted by atomic mass is 16.5. The van der Waals surface area contributed by atoms with Crippen LogP contribution in [-0.2, 0) is 6.42 Å². The topological polar surface area (TPSA) is 26.0 Å². The Morgan fingerprint density at radius 2 is 2.07 bits per heavy atom. The van der Waals surface area contributed by atoms with Crippen LogP contribution in [0.15, 0.2) is 10.7 Å². The largest absolute Gasteiger partial charge is 0.361 e. The zero-order chi connectivity index (χ0) is 10.6. The second-order valence-corrected chi connectivity index (χ2v) is 4.09. The number of hydrogen-bond donors (Lipinski definition) is 0. The van der Waals surface area contributed by atoms with Crippen LogP contribution in [0, 0.1) is 5.92 Å². The van der Waals surface area contributed by atoms with Gasteiger partial charge < -0.3 is 4.52 Å². The first kappa shape index (κ1) is 11.3. The summed E-state index contributed by atoms with van der Waals surface area (Å²) < 4.78 is 5.24. The normalized spacial score (nSPS) is 15.2. The van der Waals surface area contributed by atoms with E-state index in [-0.39, 0.29) is 0 Å². The maximum absolute atomic E-state index is 5.24. The van der Waals surface area contributed by atoms with Crippen LogP contribution < -0.4 is 0 Å². The molecule has 0 N–H and O–H groups in total. The van der Waals surface area contributed by atoms with E-state index in [0.29, 0.717) is 11.8 Å². The molecule has 0 unspecified atom stereocenters. The first-order valence-corrected chi connectivity index (χ1v) is 5.71. The lowest BCUT2D eigenvalue weighted by Crippen LogP contribution is -1.95. The molecule has 0 radical (unpaired) electrons. The van der Waals surface area contributed by atoms with Gasteiger partial charge in [-0.2, -0.15) is 0 Å². The van der Waals surface area contributed by atoms with Crippen molar-refractivity contribution in [1.82, 2.24) is 5.16 Å². The summed E-state index contributed by atoms with van der Waals surface area (Å²) in [5, 5.41) is 3.86.